The van der Waals surface area contributed by atoms with Gasteiger partial charge in [-0.2, -0.15) is 5.10 Å². The second kappa shape index (κ2) is 6.06. The predicted octanol–water partition coefficient (Wildman–Crippen LogP) is 1.52. The number of carbonyl (C=O) groups is 1. The number of piperazine rings is 1. The van der Waals surface area contributed by atoms with E-state index in [0.29, 0.717) is 6.42 Å². The Morgan fingerprint density at radius 3 is 2.35 bits per heavy atom. The number of hydrogen-bond donors (Lipinski definition) is 1. The molecule has 2 aromatic rings. The molecule has 23 heavy (non-hydrogen) atoms. The molecule has 0 atom stereocenters. The summed E-state index contributed by atoms with van der Waals surface area (Å²) in [5, 5.41) is 11.2. The Labute approximate surface area is 135 Å². The van der Waals surface area contributed by atoms with E-state index in [9.17, 15) is 4.79 Å². The third-order valence-electron chi connectivity index (χ3n) is 4.55. The SMILES string of the molecule is Cc1noc(C)c1CC(=O)N1CCN(c2c(C)n[nH]c2C)CC1. The summed E-state index contributed by atoms with van der Waals surface area (Å²) in [6.45, 7) is 10.9. The minimum absolute atomic E-state index is 0.139. The number of aromatic nitrogens is 3. The molecule has 1 fully saturated rings. The molecule has 0 radical (unpaired) electrons. The lowest BCUT2D eigenvalue weighted by atomic mass is 10.1. The van der Waals surface area contributed by atoms with Gasteiger partial charge < -0.3 is 14.3 Å². The van der Waals surface area contributed by atoms with Crippen molar-refractivity contribution >= 4 is 11.6 Å². The zero-order chi connectivity index (χ0) is 16.6. The summed E-state index contributed by atoms with van der Waals surface area (Å²) in [5.41, 5.74) is 4.98. The molecule has 1 aliphatic heterocycles. The summed E-state index contributed by atoms with van der Waals surface area (Å²) in [6, 6.07) is 0. The van der Waals surface area contributed by atoms with Crippen molar-refractivity contribution in [3.63, 3.8) is 0 Å². The van der Waals surface area contributed by atoms with Crippen molar-refractivity contribution in [2.24, 2.45) is 0 Å². The average molecular weight is 317 g/mol. The van der Waals surface area contributed by atoms with Crippen LogP contribution in [0.2, 0.25) is 0 Å². The molecule has 3 heterocycles. The number of hydrogen-bond acceptors (Lipinski definition) is 5. The molecular weight excluding hydrogens is 294 g/mol. The Balaban J connectivity index is 1.62. The summed E-state index contributed by atoms with van der Waals surface area (Å²) >= 11 is 0. The van der Waals surface area contributed by atoms with E-state index < -0.39 is 0 Å². The first-order valence-electron chi connectivity index (χ1n) is 7.93. The molecule has 3 rings (SSSR count). The zero-order valence-corrected chi connectivity index (χ0v) is 14.1. The van der Waals surface area contributed by atoms with Gasteiger partial charge in [0.05, 0.1) is 29.2 Å². The van der Waals surface area contributed by atoms with Crippen molar-refractivity contribution in [1.82, 2.24) is 20.3 Å². The van der Waals surface area contributed by atoms with Crippen LogP contribution in [-0.4, -0.2) is 52.3 Å². The molecule has 0 unspecified atom stereocenters. The van der Waals surface area contributed by atoms with Gasteiger partial charge in [-0.25, -0.2) is 0 Å². The molecule has 7 nitrogen and oxygen atoms in total. The van der Waals surface area contributed by atoms with Crippen LogP contribution < -0.4 is 4.90 Å². The van der Waals surface area contributed by atoms with Gasteiger partial charge in [-0.3, -0.25) is 9.89 Å². The van der Waals surface area contributed by atoms with Crippen LogP contribution in [-0.2, 0) is 11.2 Å². The van der Waals surface area contributed by atoms with Crippen LogP contribution >= 0.6 is 0 Å². The molecular formula is C16H23N5O2. The molecule has 0 spiro atoms. The number of anilines is 1. The van der Waals surface area contributed by atoms with Crippen LogP contribution in [0, 0.1) is 27.7 Å². The second-order valence-electron chi connectivity index (χ2n) is 6.13. The highest BCUT2D eigenvalue weighted by molar-refractivity contribution is 5.79. The Kier molecular flexibility index (Phi) is 4.11. The maximum Gasteiger partial charge on any atom is 0.227 e. The van der Waals surface area contributed by atoms with Crippen LogP contribution in [0.1, 0.15) is 28.4 Å². The minimum atomic E-state index is 0.139. The van der Waals surface area contributed by atoms with Gasteiger partial charge in [0.15, 0.2) is 0 Å². The third kappa shape index (κ3) is 2.95. The van der Waals surface area contributed by atoms with Gasteiger partial charge in [-0.1, -0.05) is 5.16 Å². The van der Waals surface area contributed by atoms with Gasteiger partial charge in [0.1, 0.15) is 5.76 Å². The monoisotopic (exact) mass is 317 g/mol. The van der Waals surface area contributed by atoms with E-state index in [2.05, 4.69) is 20.3 Å². The molecule has 0 aliphatic carbocycles. The molecule has 1 saturated heterocycles. The molecule has 0 saturated carbocycles. The van der Waals surface area contributed by atoms with E-state index in [0.717, 1.165) is 54.6 Å². The first-order chi connectivity index (χ1) is 11.0. The lowest BCUT2D eigenvalue weighted by Gasteiger charge is -2.36. The standard InChI is InChI=1S/C16H23N5O2/c1-10-14(13(4)23-19-10)9-15(22)20-5-7-21(8-6-20)16-11(2)17-18-12(16)3/h5-9H2,1-4H3,(H,17,18). The third-order valence-corrected chi connectivity index (χ3v) is 4.55. The maximum absolute atomic E-state index is 12.5. The highest BCUT2D eigenvalue weighted by atomic mass is 16.5. The smallest absolute Gasteiger partial charge is 0.227 e. The minimum Gasteiger partial charge on any atom is -0.365 e. The number of rotatable bonds is 3. The fourth-order valence-electron chi connectivity index (χ4n) is 3.21. The van der Waals surface area contributed by atoms with Crippen LogP contribution in [0.3, 0.4) is 0 Å². The largest absolute Gasteiger partial charge is 0.365 e. The molecule has 1 aliphatic rings. The fourth-order valence-corrected chi connectivity index (χ4v) is 3.21. The molecule has 1 amide bonds. The zero-order valence-electron chi connectivity index (χ0n) is 14.1. The Hall–Kier alpha value is -2.31. The summed E-state index contributed by atoms with van der Waals surface area (Å²) in [4.78, 5) is 16.7. The van der Waals surface area contributed by atoms with Gasteiger partial charge in [0.2, 0.25) is 5.91 Å². The number of aromatic amines is 1. The average Bonchev–Trinajstić information content (AvgIpc) is 3.03. The van der Waals surface area contributed by atoms with E-state index in [4.69, 9.17) is 4.52 Å². The second-order valence-corrected chi connectivity index (χ2v) is 6.13. The number of aryl methyl sites for hydroxylation is 4. The number of amides is 1. The van der Waals surface area contributed by atoms with Crippen molar-refractivity contribution in [1.29, 1.82) is 0 Å². The van der Waals surface area contributed by atoms with Gasteiger partial charge in [0, 0.05) is 31.7 Å². The van der Waals surface area contributed by atoms with Crippen LogP contribution in [0.4, 0.5) is 5.69 Å². The molecule has 2 aromatic heterocycles. The van der Waals surface area contributed by atoms with Crippen molar-refractivity contribution in [2.45, 2.75) is 34.1 Å². The first-order valence-corrected chi connectivity index (χ1v) is 7.93. The van der Waals surface area contributed by atoms with Crippen molar-refractivity contribution in [3.8, 4) is 0 Å². The van der Waals surface area contributed by atoms with Crippen LogP contribution in [0.25, 0.3) is 0 Å². The van der Waals surface area contributed by atoms with Crippen LogP contribution in [0.5, 0.6) is 0 Å². The number of nitrogens with zero attached hydrogens (tertiary/aromatic N) is 4. The topological polar surface area (TPSA) is 78.3 Å². The van der Waals surface area contributed by atoms with Gasteiger partial charge >= 0.3 is 0 Å². The van der Waals surface area contributed by atoms with Crippen molar-refractivity contribution in [3.05, 3.63) is 28.4 Å². The van der Waals surface area contributed by atoms with Crippen molar-refractivity contribution < 1.29 is 9.32 Å². The van der Waals surface area contributed by atoms with E-state index in [1.807, 2.05) is 32.6 Å². The Morgan fingerprint density at radius 1 is 1.13 bits per heavy atom. The summed E-state index contributed by atoms with van der Waals surface area (Å²) in [7, 11) is 0. The van der Waals surface area contributed by atoms with E-state index in [1.54, 1.807) is 0 Å². The summed E-state index contributed by atoms with van der Waals surface area (Å²) < 4.78 is 5.14. The van der Waals surface area contributed by atoms with E-state index in [1.165, 1.54) is 5.69 Å². The molecule has 124 valence electrons. The molecule has 0 bridgehead atoms. The quantitative estimate of drug-likeness (QED) is 0.928. The fraction of sp³-hybridized carbons (Fsp3) is 0.562. The number of H-pyrrole nitrogens is 1. The number of nitrogens with one attached hydrogen (secondary N) is 1. The molecule has 1 N–H and O–H groups in total. The van der Waals surface area contributed by atoms with Crippen molar-refractivity contribution in [2.75, 3.05) is 31.1 Å². The Bertz CT molecular complexity index is 671. The highest BCUT2D eigenvalue weighted by Gasteiger charge is 2.25. The Morgan fingerprint density at radius 2 is 1.83 bits per heavy atom. The molecule has 7 heteroatoms. The van der Waals surface area contributed by atoms with Gasteiger partial charge in [-0.15, -0.1) is 0 Å². The lowest BCUT2D eigenvalue weighted by Crippen LogP contribution is -2.49. The summed E-state index contributed by atoms with van der Waals surface area (Å²) in [5.74, 6) is 0.874. The summed E-state index contributed by atoms with van der Waals surface area (Å²) in [6.07, 6.45) is 0.366. The lowest BCUT2D eigenvalue weighted by molar-refractivity contribution is -0.130. The normalized spacial score (nSPS) is 15.3. The van der Waals surface area contributed by atoms with Crippen LogP contribution in [0.15, 0.2) is 4.52 Å². The van der Waals surface area contributed by atoms with E-state index >= 15 is 0 Å². The first kappa shape index (κ1) is 15.6. The van der Waals surface area contributed by atoms with Gasteiger partial charge in [0.25, 0.3) is 0 Å². The van der Waals surface area contributed by atoms with Gasteiger partial charge in [-0.05, 0) is 27.7 Å². The molecule has 0 aromatic carbocycles. The predicted molar refractivity (Wildman–Crippen MR) is 86.5 cm³/mol. The maximum atomic E-state index is 12.5. The number of carbonyl (C=O) groups excluding carboxylic acids is 1. The van der Waals surface area contributed by atoms with E-state index in [-0.39, 0.29) is 5.91 Å². The highest BCUT2D eigenvalue weighted by Crippen LogP contribution is 2.23.